The Balaban J connectivity index is 1.67. The Morgan fingerprint density at radius 2 is 1.92 bits per heavy atom. The van der Waals surface area contributed by atoms with Crippen molar-refractivity contribution in [1.82, 2.24) is 15.6 Å². The average molecular weight is 499 g/mol. The van der Waals surface area contributed by atoms with Gasteiger partial charge in [-0.3, -0.25) is 4.79 Å². The minimum atomic E-state index is -0.650. The normalized spacial score (nSPS) is 11.8. The molecule has 0 radical (unpaired) electrons. The number of halogens is 1. The Morgan fingerprint density at radius 1 is 1.17 bits per heavy atom. The molecule has 3 aromatic rings. The molecule has 1 aromatic heterocycles. The highest BCUT2D eigenvalue weighted by Crippen LogP contribution is 2.27. The molecule has 0 saturated carbocycles. The van der Waals surface area contributed by atoms with Gasteiger partial charge in [0.25, 0.3) is 6.01 Å². The summed E-state index contributed by atoms with van der Waals surface area (Å²) in [5.41, 5.74) is 1.61. The van der Waals surface area contributed by atoms with Crippen LogP contribution in [0.4, 0.5) is 15.2 Å². The number of carbonyl (C=O) groups is 2. The van der Waals surface area contributed by atoms with Crippen LogP contribution in [-0.4, -0.2) is 49.3 Å². The van der Waals surface area contributed by atoms with Crippen molar-refractivity contribution >= 4 is 29.1 Å². The maximum absolute atomic E-state index is 13.3. The van der Waals surface area contributed by atoms with Crippen LogP contribution in [0.15, 0.2) is 64.9 Å². The third-order valence-electron chi connectivity index (χ3n) is 4.89. The predicted molar refractivity (Wildman–Crippen MR) is 134 cm³/mol. The summed E-state index contributed by atoms with van der Waals surface area (Å²) in [6.07, 6.45) is -0.253. The molecule has 0 aliphatic rings. The lowest BCUT2D eigenvalue weighted by molar-refractivity contribution is -0.119. The Kier molecular flexibility index (Phi) is 8.88. The number of anilines is 1. The molecule has 2 N–H and O–H groups in total. The molecule has 36 heavy (non-hydrogen) atoms. The SMILES string of the molecule is CNC(=O)CN(Cc1ccccc1)c1nc2ccc(OC/C(=C/F)CNC(=O)OC(C)(C)C)cc2o1. The molecule has 2 amide bonds. The summed E-state index contributed by atoms with van der Waals surface area (Å²) in [4.78, 5) is 30.1. The lowest BCUT2D eigenvalue weighted by Crippen LogP contribution is -2.35. The first-order chi connectivity index (χ1) is 17.2. The van der Waals surface area contributed by atoms with Crippen LogP contribution in [0.1, 0.15) is 26.3 Å². The number of amides is 2. The fraction of sp³-hybridized carbons (Fsp3) is 0.346. The molecule has 0 aliphatic heterocycles. The fourth-order valence-electron chi connectivity index (χ4n) is 3.16. The van der Waals surface area contributed by atoms with E-state index in [4.69, 9.17) is 13.9 Å². The number of benzene rings is 2. The molecule has 0 aliphatic carbocycles. The lowest BCUT2D eigenvalue weighted by atomic mass is 10.2. The molecule has 0 atom stereocenters. The van der Waals surface area contributed by atoms with Crippen LogP contribution >= 0.6 is 0 Å². The van der Waals surface area contributed by atoms with Crippen molar-refractivity contribution in [2.45, 2.75) is 32.9 Å². The van der Waals surface area contributed by atoms with Gasteiger partial charge < -0.3 is 29.4 Å². The summed E-state index contributed by atoms with van der Waals surface area (Å²) < 4.78 is 30.1. The van der Waals surface area contributed by atoms with Gasteiger partial charge in [-0.2, -0.15) is 4.98 Å². The molecule has 3 rings (SSSR count). The molecule has 0 saturated heterocycles. The van der Waals surface area contributed by atoms with E-state index in [0.29, 0.717) is 35.7 Å². The van der Waals surface area contributed by atoms with E-state index < -0.39 is 11.7 Å². The van der Waals surface area contributed by atoms with E-state index in [9.17, 15) is 14.0 Å². The van der Waals surface area contributed by atoms with E-state index >= 15 is 0 Å². The van der Waals surface area contributed by atoms with Gasteiger partial charge in [0, 0.05) is 31.8 Å². The van der Waals surface area contributed by atoms with Gasteiger partial charge in [0.2, 0.25) is 5.91 Å². The summed E-state index contributed by atoms with van der Waals surface area (Å²) in [6, 6.07) is 15.0. The maximum Gasteiger partial charge on any atom is 0.407 e. The van der Waals surface area contributed by atoms with E-state index in [1.54, 1.807) is 50.9 Å². The van der Waals surface area contributed by atoms with Crippen molar-refractivity contribution in [1.29, 1.82) is 0 Å². The lowest BCUT2D eigenvalue weighted by Gasteiger charge is -2.20. The Labute approximate surface area is 209 Å². The van der Waals surface area contributed by atoms with Crippen molar-refractivity contribution < 1.29 is 27.9 Å². The highest BCUT2D eigenvalue weighted by atomic mass is 19.1. The number of rotatable bonds is 10. The number of alkyl carbamates (subject to hydrolysis) is 1. The van der Waals surface area contributed by atoms with Crippen LogP contribution in [0.5, 0.6) is 5.75 Å². The molecule has 10 heteroatoms. The van der Waals surface area contributed by atoms with Crippen molar-refractivity contribution in [2.24, 2.45) is 0 Å². The van der Waals surface area contributed by atoms with Gasteiger partial charge in [0.05, 0.1) is 6.33 Å². The minimum Gasteiger partial charge on any atom is -0.489 e. The number of ether oxygens (including phenoxy) is 2. The number of nitrogens with one attached hydrogen (secondary N) is 2. The number of carbonyl (C=O) groups excluding carboxylic acids is 2. The topological polar surface area (TPSA) is 106 Å². The van der Waals surface area contributed by atoms with Crippen LogP contribution in [0.25, 0.3) is 11.1 Å². The highest BCUT2D eigenvalue weighted by Gasteiger charge is 2.19. The molecule has 0 bridgehead atoms. The van der Waals surface area contributed by atoms with E-state index in [2.05, 4.69) is 15.6 Å². The minimum absolute atomic E-state index is 0.0615. The zero-order valence-corrected chi connectivity index (χ0v) is 20.8. The molecular formula is C26H31FN4O5. The Bertz CT molecular complexity index is 1200. The molecule has 192 valence electrons. The third kappa shape index (κ3) is 8.00. The average Bonchev–Trinajstić information content (AvgIpc) is 3.26. The monoisotopic (exact) mass is 498 g/mol. The quantitative estimate of drug-likeness (QED) is 0.428. The van der Waals surface area contributed by atoms with Crippen LogP contribution in [0.2, 0.25) is 0 Å². The summed E-state index contributed by atoms with van der Waals surface area (Å²) >= 11 is 0. The number of likely N-dealkylation sites (N-methyl/N-ethyl adjacent to an activating group) is 1. The van der Waals surface area contributed by atoms with Crippen molar-refractivity contribution in [3.63, 3.8) is 0 Å². The highest BCUT2D eigenvalue weighted by molar-refractivity contribution is 5.81. The molecule has 0 unspecified atom stereocenters. The van der Waals surface area contributed by atoms with E-state index in [1.165, 1.54) is 0 Å². The van der Waals surface area contributed by atoms with E-state index in [1.807, 2.05) is 30.3 Å². The summed E-state index contributed by atoms with van der Waals surface area (Å²) in [7, 11) is 1.57. The van der Waals surface area contributed by atoms with E-state index in [0.717, 1.165) is 5.56 Å². The van der Waals surface area contributed by atoms with Crippen LogP contribution in [0.3, 0.4) is 0 Å². The number of nitrogens with zero attached hydrogens (tertiary/aromatic N) is 2. The first-order valence-corrected chi connectivity index (χ1v) is 11.4. The van der Waals surface area contributed by atoms with E-state index in [-0.39, 0.29) is 31.2 Å². The largest absolute Gasteiger partial charge is 0.489 e. The van der Waals surface area contributed by atoms with Gasteiger partial charge in [-0.1, -0.05) is 30.3 Å². The second kappa shape index (κ2) is 12.1. The van der Waals surface area contributed by atoms with Crippen LogP contribution in [-0.2, 0) is 16.1 Å². The summed E-state index contributed by atoms with van der Waals surface area (Å²) in [6.45, 7) is 5.57. The zero-order valence-electron chi connectivity index (χ0n) is 20.8. The molecular weight excluding hydrogens is 467 g/mol. The second-order valence-electron chi connectivity index (χ2n) is 9.05. The van der Waals surface area contributed by atoms with Crippen molar-refractivity contribution in [3.8, 4) is 5.75 Å². The van der Waals surface area contributed by atoms with Crippen molar-refractivity contribution in [2.75, 3.05) is 31.6 Å². The summed E-state index contributed by atoms with van der Waals surface area (Å²) in [5.74, 6) is 0.255. The number of oxazole rings is 1. The maximum atomic E-state index is 13.3. The molecule has 2 aromatic carbocycles. The predicted octanol–water partition coefficient (Wildman–Crippen LogP) is 4.34. The Hall–Kier alpha value is -4.08. The smallest absolute Gasteiger partial charge is 0.407 e. The van der Waals surface area contributed by atoms with Crippen molar-refractivity contribution in [3.05, 3.63) is 66.0 Å². The van der Waals surface area contributed by atoms with Gasteiger partial charge >= 0.3 is 6.09 Å². The molecule has 0 spiro atoms. The van der Waals surface area contributed by atoms with Gasteiger partial charge in [-0.05, 0) is 38.5 Å². The van der Waals surface area contributed by atoms with Gasteiger partial charge in [0.1, 0.15) is 30.0 Å². The van der Waals surface area contributed by atoms with Gasteiger partial charge in [-0.15, -0.1) is 0 Å². The fourth-order valence-corrected chi connectivity index (χ4v) is 3.16. The standard InChI is InChI=1S/C26H31FN4O5/c1-26(2,3)36-25(33)29-14-19(13-27)17-34-20-10-11-21-22(12-20)35-24(30-21)31(16-23(32)28-4)15-18-8-6-5-7-9-18/h5-13H,14-17H2,1-4H3,(H,28,32)(H,29,33)/b19-13+. The molecule has 9 nitrogen and oxygen atoms in total. The van der Waals surface area contributed by atoms with Gasteiger partial charge in [-0.25, -0.2) is 9.18 Å². The number of hydrogen-bond donors (Lipinski definition) is 2. The van der Waals surface area contributed by atoms with Gasteiger partial charge in [0.15, 0.2) is 5.58 Å². The summed E-state index contributed by atoms with van der Waals surface area (Å²) in [5, 5.41) is 5.11. The molecule has 1 heterocycles. The zero-order chi connectivity index (χ0) is 26.1. The first-order valence-electron chi connectivity index (χ1n) is 11.4. The number of aromatic nitrogens is 1. The third-order valence-corrected chi connectivity index (χ3v) is 4.89. The number of hydrogen-bond acceptors (Lipinski definition) is 7. The molecule has 0 fully saturated rings. The second-order valence-corrected chi connectivity index (χ2v) is 9.05. The van der Waals surface area contributed by atoms with Crippen LogP contribution in [0, 0.1) is 0 Å². The first kappa shape index (κ1) is 26.5. The van der Waals surface area contributed by atoms with Crippen LogP contribution < -0.4 is 20.3 Å². The number of fused-ring (bicyclic) bond motifs is 1. The Morgan fingerprint density at radius 3 is 2.58 bits per heavy atom.